The first-order valence-electron chi connectivity index (χ1n) is 20.6. The Morgan fingerprint density at radius 1 is 1.02 bits per heavy atom. The number of carbonyl (C=O) groups excluding carboxylic acids is 8. The minimum Gasteiger partial charge on any atom is -0.508 e. The minimum absolute atomic E-state index is 0.0885. The van der Waals surface area contributed by atoms with Gasteiger partial charge in [-0.25, -0.2) is 0 Å². The van der Waals surface area contributed by atoms with Crippen molar-refractivity contribution >= 4 is 69.0 Å². The van der Waals surface area contributed by atoms with Crippen LogP contribution in [0.5, 0.6) is 5.75 Å². The van der Waals surface area contributed by atoms with Gasteiger partial charge in [-0.05, 0) is 30.0 Å². The third kappa shape index (κ3) is 12.7. The number of aromatic amines is 1. The number of fused-ring (bicyclic) bond motifs is 4. The van der Waals surface area contributed by atoms with Crippen LogP contribution < -0.4 is 43.4 Å². The summed E-state index contributed by atoms with van der Waals surface area (Å²) in [4.78, 5) is 111. The topological polar surface area (TPSA) is 398 Å². The number of aromatic nitrogens is 1. The number of amides is 8. The molecule has 2 aromatic rings. The Kier molecular flexibility index (Phi) is 18.1. The Balaban J connectivity index is 1.81. The smallest absolute Gasteiger partial charge is 0.246 e. The molecule has 1 saturated heterocycles. The molecular formula is C39H58N10O14S. The zero-order chi connectivity index (χ0) is 47.6. The molecule has 0 radical (unpaired) electrons. The molecule has 8 amide bonds. The van der Waals surface area contributed by atoms with E-state index in [9.17, 15) is 68.1 Å². The van der Waals surface area contributed by atoms with Gasteiger partial charge in [-0.15, -0.1) is 0 Å². The Labute approximate surface area is 369 Å². The van der Waals surface area contributed by atoms with Crippen LogP contribution in [0.3, 0.4) is 0 Å². The largest absolute Gasteiger partial charge is 0.508 e. The summed E-state index contributed by atoms with van der Waals surface area (Å²) in [6.07, 6.45) is -3.93. The highest BCUT2D eigenvalue weighted by Crippen LogP contribution is 2.30. The zero-order valence-electron chi connectivity index (χ0n) is 35.5. The summed E-state index contributed by atoms with van der Waals surface area (Å²) >= 11 is 0. The van der Waals surface area contributed by atoms with Crippen LogP contribution in [0.25, 0.3) is 10.9 Å². The maximum atomic E-state index is 14.5. The monoisotopic (exact) mass is 922 g/mol. The highest BCUT2D eigenvalue weighted by atomic mass is 32.2. The van der Waals surface area contributed by atoms with E-state index in [1.807, 2.05) is 0 Å². The summed E-state index contributed by atoms with van der Waals surface area (Å²) in [5.41, 5.74) is 11.3. The van der Waals surface area contributed by atoms with E-state index < -0.39 is 163 Å². The molecule has 3 heterocycles. The molecule has 1 unspecified atom stereocenters. The van der Waals surface area contributed by atoms with Gasteiger partial charge in [0.05, 0.1) is 73.0 Å². The number of rotatable bonds is 14. The molecule has 2 aliphatic heterocycles. The number of nitrogens with two attached hydrogens (primary N) is 2. The van der Waals surface area contributed by atoms with Gasteiger partial charge in [-0.3, -0.25) is 42.6 Å². The molecule has 1 fully saturated rings. The number of aliphatic hydroxyl groups excluding tert-OH is 4. The van der Waals surface area contributed by atoms with Crippen LogP contribution in [-0.4, -0.2) is 174 Å². The van der Waals surface area contributed by atoms with E-state index in [4.69, 9.17) is 11.5 Å². The van der Waals surface area contributed by atoms with Gasteiger partial charge in [0.15, 0.2) is 0 Å². The molecule has 11 atom stereocenters. The quantitative estimate of drug-likeness (QED) is 0.0839. The van der Waals surface area contributed by atoms with Crippen LogP contribution in [0.2, 0.25) is 0 Å². The maximum absolute atomic E-state index is 14.5. The molecule has 25 heteroatoms. The lowest BCUT2D eigenvalue weighted by Gasteiger charge is -2.32. The van der Waals surface area contributed by atoms with Crippen molar-refractivity contribution in [3.63, 3.8) is 0 Å². The number of hydrogen-bond acceptors (Lipinski definition) is 15. The van der Waals surface area contributed by atoms with Crippen LogP contribution >= 0.6 is 0 Å². The standard InChI is InChI=1S/C39H58N10O14S/c1-4-17(2)32(47-30(56)11-40)36(60)42-12-31(57)44-26-16-64(63)38-23(22-6-5-20(52)8-24(22)46-38)7-19(14-50)43-37(61)33(18(3)28(54)15-51)48-35(59)27-9-21(53)13-49(27)39(62)25(10-29(41)55)45-34(26)58/h5-6,8,17-19,21,25-28,32-33,46,50-54H,4,7,9-16,40H2,1-3H3,(H2,41,55)(H,42,60)(H,43,61)(H,44,57)(H,45,58)(H,47,56)(H,48,59)/t17-,18-,19-,21+,25-,26-,27+,28-,32+,33-,64?/m0/s1. The number of benzene rings is 1. The predicted octanol–water partition coefficient (Wildman–Crippen LogP) is -6.10. The van der Waals surface area contributed by atoms with Gasteiger partial charge < -0.3 is 78.8 Å². The lowest BCUT2D eigenvalue weighted by atomic mass is 9.94. The molecule has 1 aromatic carbocycles. The van der Waals surface area contributed by atoms with Crippen molar-refractivity contribution in [2.24, 2.45) is 23.3 Å². The Morgan fingerprint density at radius 2 is 1.72 bits per heavy atom. The van der Waals surface area contributed by atoms with E-state index in [1.54, 1.807) is 13.8 Å². The van der Waals surface area contributed by atoms with Gasteiger partial charge in [0, 0.05) is 30.3 Å². The number of aromatic hydroxyl groups is 1. The molecular weight excluding hydrogens is 865 g/mol. The Hall–Kier alpha value is -5.73. The SMILES string of the molecule is CC[C@H](C)[C@@H](NC(=O)CN)C(=O)NCC(=O)N[C@H]1CS(=O)c2[nH]c3cc(O)ccc3c2C[C@@H](CO)NC(=O)[C@H]([C@@H](C)[C@@H](O)CO)NC(=O)[C@H]2C[C@@H](O)CN2C(=O)[C@H](CC(N)=O)NC1=O. The summed E-state index contributed by atoms with van der Waals surface area (Å²) in [7, 11) is -2.33. The number of nitrogens with zero attached hydrogens (tertiary/aromatic N) is 1. The highest BCUT2D eigenvalue weighted by Gasteiger charge is 2.44. The van der Waals surface area contributed by atoms with Crippen LogP contribution in [0.1, 0.15) is 45.6 Å². The van der Waals surface area contributed by atoms with E-state index in [-0.39, 0.29) is 34.7 Å². The number of nitrogens with one attached hydrogen (secondary N) is 7. The Morgan fingerprint density at radius 3 is 2.34 bits per heavy atom. The molecule has 0 saturated carbocycles. The summed E-state index contributed by atoms with van der Waals surface area (Å²) < 4.78 is 14.5. The number of phenols is 1. The molecule has 354 valence electrons. The maximum Gasteiger partial charge on any atom is 0.246 e. The molecule has 0 aliphatic carbocycles. The van der Waals surface area contributed by atoms with Crippen molar-refractivity contribution in [2.75, 3.05) is 38.6 Å². The second-order valence-corrected chi connectivity index (χ2v) is 17.4. The molecule has 1 aromatic heterocycles. The number of hydrogen-bond donors (Lipinski definition) is 14. The van der Waals surface area contributed by atoms with Crippen molar-refractivity contribution in [3.8, 4) is 5.75 Å². The van der Waals surface area contributed by atoms with E-state index >= 15 is 0 Å². The van der Waals surface area contributed by atoms with E-state index in [1.165, 1.54) is 25.1 Å². The number of aliphatic hydroxyl groups is 4. The second-order valence-electron chi connectivity index (χ2n) is 16.0. The first kappa shape index (κ1) is 50.9. The van der Waals surface area contributed by atoms with Gasteiger partial charge >= 0.3 is 0 Å². The molecule has 24 nitrogen and oxygen atoms in total. The second kappa shape index (κ2) is 22.8. The summed E-state index contributed by atoms with van der Waals surface area (Å²) in [6, 6.07) is -5.00. The fraction of sp³-hybridized carbons (Fsp3) is 0.590. The van der Waals surface area contributed by atoms with Gasteiger partial charge in [-0.2, -0.15) is 0 Å². The number of phenolic OH excluding ortho intramolecular Hbond substituents is 1. The lowest BCUT2D eigenvalue weighted by Crippen LogP contribution is -2.61. The summed E-state index contributed by atoms with van der Waals surface area (Å²) in [5, 5.41) is 66.7. The van der Waals surface area contributed by atoms with Gasteiger partial charge in [-0.1, -0.05) is 27.2 Å². The summed E-state index contributed by atoms with van der Waals surface area (Å²) in [6.45, 7) is 1.56. The third-order valence-corrected chi connectivity index (χ3v) is 12.7. The van der Waals surface area contributed by atoms with Gasteiger partial charge in [0.1, 0.15) is 41.0 Å². The first-order valence-corrected chi connectivity index (χ1v) is 21.9. The predicted molar refractivity (Wildman–Crippen MR) is 225 cm³/mol. The number of carbonyl (C=O) groups is 8. The van der Waals surface area contributed by atoms with Crippen LogP contribution in [-0.2, 0) is 55.6 Å². The van der Waals surface area contributed by atoms with Gasteiger partial charge in [0.25, 0.3) is 0 Å². The van der Waals surface area contributed by atoms with Crippen LogP contribution in [0, 0.1) is 11.8 Å². The van der Waals surface area contributed by atoms with Crippen molar-refractivity contribution < 1.29 is 68.1 Å². The normalized spacial score (nSPS) is 25.5. The molecule has 4 rings (SSSR count). The molecule has 2 aliphatic rings. The van der Waals surface area contributed by atoms with E-state index in [0.29, 0.717) is 11.8 Å². The average Bonchev–Trinajstić information content (AvgIpc) is 3.83. The zero-order valence-corrected chi connectivity index (χ0v) is 36.3. The van der Waals surface area contributed by atoms with Crippen molar-refractivity contribution in [1.29, 1.82) is 0 Å². The number of H-pyrrole nitrogens is 1. The highest BCUT2D eigenvalue weighted by molar-refractivity contribution is 7.85. The van der Waals surface area contributed by atoms with Crippen molar-refractivity contribution in [3.05, 3.63) is 23.8 Å². The van der Waals surface area contributed by atoms with Crippen molar-refractivity contribution in [1.82, 2.24) is 41.8 Å². The van der Waals surface area contributed by atoms with E-state index in [0.717, 1.165) is 4.90 Å². The van der Waals surface area contributed by atoms with Crippen LogP contribution in [0.15, 0.2) is 23.2 Å². The average molecular weight is 923 g/mol. The van der Waals surface area contributed by atoms with Crippen LogP contribution in [0.4, 0.5) is 0 Å². The van der Waals surface area contributed by atoms with Crippen molar-refractivity contribution in [2.45, 2.75) is 99.9 Å². The molecule has 64 heavy (non-hydrogen) atoms. The fourth-order valence-corrected chi connectivity index (χ4v) is 8.84. The molecule has 0 spiro atoms. The Bertz CT molecular complexity index is 2100. The minimum atomic E-state index is -2.33. The van der Waals surface area contributed by atoms with E-state index in [2.05, 4.69) is 36.9 Å². The number of primary amides is 1. The fourth-order valence-electron chi connectivity index (χ4n) is 7.44. The molecule has 0 bridgehead atoms. The first-order chi connectivity index (χ1) is 30.2. The third-order valence-electron chi connectivity index (χ3n) is 11.3. The summed E-state index contributed by atoms with van der Waals surface area (Å²) in [5.74, 6) is -10.3. The molecule has 16 N–H and O–H groups in total. The van der Waals surface area contributed by atoms with Gasteiger partial charge in [0.2, 0.25) is 47.3 Å². The lowest BCUT2D eigenvalue weighted by molar-refractivity contribution is -0.144.